The standard InChI is InChI=1S/C30H36N6O8/c31-20(10-12-25(32)37)27(40)35-23(15-18-16-33-21-9-5-4-8-19(18)21)29(42)34-22(11-13-26(38)39)28(41)36-24(30(43)44)14-17-6-2-1-3-7-17/h1-9,16,20,22-24,33H,10-15,31H2,(H2,32,37)(H,34,42)(H,35,40)(H,36,41)(H,38,39)(H,43,44). The molecule has 3 aromatic rings. The van der Waals surface area contributed by atoms with Crippen molar-refractivity contribution in [2.75, 3.05) is 0 Å². The molecule has 0 saturated heterocycles. The molecular formula is C30H36N6O8. The molecule has 0 spiro atoms. The van der Waals surface area contributed by atoms with Crippen LogP contribution in [0, 0.1) is 0 Å². The number of nitrogens with one attached hydrogen (secondary N) is 4. The van der Waals surface area contributed by atoms with Crippen LogP contribution in [0.2, 0.25) is 0 Å². The molecule has 4 atom stereocenters. The lowest BCUT2D eigenvalue weighted by molar-refractivity contribution is -0.143. The number of hydrogen-bond acceptors (Lipinski definition) is 7. The molecule has 1 aromatic heterocycles. The Kier molecular flexibility index (Phi) is 12.0. The molecule has 4 unspecified atom stereocenters. The molecule has 3 rings (SSSR count). The number of amides is 4. The van der Waals surface area contributed by atoms with E-state index in [-0.39, 0.29) is 32.1 Å². The molecule has 0 fully saturated rings. The van der Waals surface area contributed by atoms with E-state index in [1.807, 2.05) is 18.2 Å². The Hall–Kier alpha value is -5.24. The van der Waals surface area contributed by atoms with Gasteiger partial charge in [-0.2, -0.15) is 0 Å². The van der Waals surface area contributed by atoms with Crippen molar-refractivity contribution in [3.05, 3.63) is 71.9 Å². The largest absolute Gasteiger partial charge is 0.481 e. The number of aromatic nitrogens is 1. The number of benzene rings is 2. The summed E-state index contributed by atoms with van der Waals surface area (Å²) in [5.41, 5.74) is 13.1. The van der Waals surface area contributed by atoms with E-state index in [0.717, 1.165) is 10.9 Å². The summed E-state index contributed by atoms with van der Waals surface area (Å²) < 4.78 is 0. The number of carboxylic acids is 2. The Morgan fingerprint density at radius 1 is 0.727 bits per heavy atom. The van der Waals surface area contributed by atoms with Gasteiger partial charge in [0.05, 0.1) is 6.04 Å². The Labute approximate surface area is 252 Å². The molecule has 1 heterocycles. The second-order valence-electron chi connectivity index (χ2n) is 10.3. The minimum atomic E-state index is -1.44. The number of aliphatic carboxylic acids is 2. The predicted molar refractivity (Wildman–Crippen MR) is 159 cm³/mol. The van der Waals surface area contributed by atoms with Crippen molar-refractivity contribution in [3.8, 4) is 0 Å². The van der Waals surface area contributed by atoms with Crippen molar-refractivity contribution in [2.24, 2.45) is 11.5 Å². The third kappa shape index (κ3) is 9.94. The van der Waals surface area contributed by atoms with Gasteiger partial charge in [0.15, 0.2) is 0 Å². The topological polar surface area (TPSA) is 247 Å². The predicted octanol–water partition coefficient (Wildman–Crippen LogP) is -0.0503. The Balaban J connectivity index is 1.83. The molecule has 0 aliphatic rings. The molecule has 14 heteroatoms. The number of fused-ring (bicyclic) bond motifs is 1. The average molecular weight is 609 g/mol. The number of aromatic amines is 1. The SMILES string of the molecule is NC(=O)CCC(N)C(=O)NC(Cc1c[nH]c2ccccc12)C(=O)NC(CCC(=O)O)C(=O)NC(Cc1ccccc1)C(=O)O. The molecule has 0 aliphatic carbocycles. The second-order valence-corrected chi connectivity index (χ2v) is 10.3. The summed E-state index contributed by atoms with van der Waals surface area (Å²) in [6, 6.07) is 10.6. The molecule has 2 aromatic carbocycles. The fourth-order valence-corrected chi connectivity index (χ4v) is 4.57. The van der Waals surface area contributed by atoms with E-state index >= 15 is 0 Å². The maximum absolute atomic E-state index is 13.6. The molecule has 10 N–H and O–H groups in total. The number of primary amides is 1. The summed E-state index contributed by atoms with van der Waals surface area (Å²) in [4.78, 5) is 77.3. The van der Waals surface area contributed by atoms with E-state index in [2.05, 4.69) is 20.9 Å². The summed E-state index contributed by atoms with van der Waals surface area (Å²) in [7, 11) is 0. The molecule has 0 radical (unpaired) electrons. The summed E-state index contributed by atoms with van der Waals surface area (Å²) >= 11 is 0. The number of hydrogen-bond donors (Lipinski definition) is 8. The molecule has 0 saturated carbocycles. The van der Waals surface area contributed by atoms with Crippen LogP contribution >= 0.6 is 0 Å². The van der Waals surface area contributed by atoms with E-state index < -0.39 is 66.2 Å². The van der Waals surface area contributed by atoms with Gasteiger partial charge in [-0.3, -0.25) is 24.0 Å². The maximum Gasteiger partial charge on any atom is 0.326 e. The van der Waals surface area contributed by atoms with Crippen LogP contribution in [-0.2, 0) is 41.6 Å². The minimum Gasteiger partial charge on any atom is -0.481 e. The summed E-state index contributed by atoms with van der Waals surface area (Å²) in [6.45, 7) is 0. The van der Waals surface area contributed by atoms with E-state index in [1.165, 1.54) is 0 Å². The minimum absolute atomic E-state index is 0.0385. The highest BCUT2D eigenvalue weighted by atomic mass is 16.4. The molecule has 234 valence electrons. The Morgan fingerprint density at radius 3 is 2.00 bits per heavy atom. The molecule has 0 aliphatic heterocycles. The number of nitrogens with two attached hydrogens (primary N) is 2. The van der Waals surface area contributed by atoms with Crippen LogP contribution in [0.1, 0.15) is 36.8 Å². The van der Waals surface area contributed by atoms with E-state index in [1.54, 1.807) is 42.6 Å². The number of para-hydroxylation sites is 1. The maximum atomic E-state index is 13.6. The molecule has 44 heavy (non-hydrogen) atoms. The van der Waals surface area contributed by atoms with Crippen molar-refractivity contribution < 1.29 is 39.0 Å². The van der Waals surface area contributed by atoms with Gasteiger partial charge in [-0.25, -0.2) is 4.79 Å². The third-order valence-corrected chi connectivity index (χ3v) is 6.95. The first-order chi connectivity index (χ1) is 20.9. The monoisotopic (exact) mass is 608 g/mol. The highest BCUT2D eigenvalue weighted by Gasteiger charge is 2.31. The van der Waals surface area contributed by atoms with Gasteiger partial charge in [-0.15, -0.1) is 0 Å². The van der Waals surface area contributed by atoms with Gasteiger partial charge in [0.2, 0.25) is 23.6 Å². The van der Waals surface area contributed by atoms with Crippen molar-refractivity contribution >= 4 is 46.5 Å². The van der Waals surface area contributed by atoms with Crippen LogP contribution < -0.4 is 27.4 Å². The highest BCUT2D eigenvalue weighted by Crippen LogP contribution is 2.19. The number of H-pyrrole nitrogens is 1. The van der Waals surface area contributed by atoms with Gasteiger partial charge in [0.25, 0.3) is 0 Å². The number of rotatable bonds is 17. The van der Waals surface area contributed by atoms with Crippen molar-refractivity contribution in [1.29, 1.82) is 0 Å². The van der Waals surface area contributed by atoms with Crippen LogP contribution in [0.3, 0.4) is 0 Å². The molecule has 0 bridgehead atoms. The quantitative estimate of drug-likeness (QED) is 0.102. The highest BCUT2D eigenvalue weighted by molar-refractivity contribution is 5.95. The smallest absolute Gasteiger partial charge is 0.326 e. The first-order valence-electron chi connectivity index (χ1n) is 13.9. The van der Waals surface area contributed by atoms with Gasteiger partial charge in [0.1, 0.15) is 18.1 Å². The van der Waals surface area contributed by atoms with E-state index in [9.17, 15) is 39.0 Å². The number of carboxylic acid groups (broad SMARTS) is 2. The lowest BCUT2D eigenvalue weighted by atomic mass is 10.0. The molecule has 4 amide bonds. The summed E-state index contributed by atoms with van der Waals surface area (Å²) in [5.74, 6) is -5.68. The first kappa shape index (κ1) is 33.3. The van der Waals surface area contributed by atoms with Gasteiger partial charge >= 0.3 is 11.9 Å². The Bertz CT molecular complexity index is 1490. The van der Waals surface area contributed by atoms with Gasteiger partial charge in [-0.05, 0) is 30.0 Å². The first-order valence-corrected chi connectivity index (χ1v) is 13.9. The van der Waals surface area contributed by atoms with Crippen LogP contribution in [0.5, 0.6) is 0 Å². The summed E-state index contributed by atoms with van der Waals surface area (Å²) in [6.07, 6.45) is 0.499. The third-order valence-electron chi connectivity index (χ3n) is 6.95. The zero-order valence-electron chi connectivity index (χ0n) is 23.8. The van der Waals surface area contributed by atoms with Gasteiger partial charge < -0.3 is 42.6 Å². The average Bonchev–Trinajstić information content (AvgIpc) is 3.40. The van der Waals surface area contributed by atoms with Gasteiger partial charge in [-0.1, -0.05) is 48.5 Å². The fourth-order valence-electron chi connectivity index (χ4n) is 4.57. The Morgan fingerprint density at radius 2 is 1.34 bits per heavy atom. The van der Waals surface area contributed by atoms with Crippen molar-refractivity contribution in [3.63, 3.8) is 0 Å². The second kappa shape index (κ2) is 15.8. The summed E-state index contributed by atoms with van der Waals surface area (Å²) in [5, 5.41) is 27.2. The van der Waals surface area contributed by atoms with Gasteiger partial charge in [0, 0.05) is 42.8 Å². The van der Waals surface area contributed by atoms with Crippen LogP contribution in [0.15, 0.2) is 60.8 Å². The lowest BCUT2D eigenvalue weighted by Crippen LogP contribution is -2.57. The normalized spacial score (nSPS) is 13.7. The van der Waals surface area contributed by atoms with Crippen molar-refractivity contribution in [2.45, 2.75) is 62.7 Å². The molecular weight excluding hydrogens is 572 g/mol. The van der Waals surface area contributed by atoms with Crippen molar-refractivity contribution in [1.82, 2.24) is 20.9 Å². The zero-order chi connectivity index (χ0) is 32.2. The van der Waals surface area contributed by atoms with E-state index in [0.29, 0.717) is 11.1 Å². The van der Waals surface area contributed by atoms with E-state index in [4.69, 9.17) is 11.5 Å². The van der Waals surface area contributed by atoms with Crippen LogP contribution in [0.25, 0.3) is 10.9 Å². The zero-order valence-corrected chi connectivity index (χ0v) is 23.8. The lowest BCUT2D eigenvalue weighted by Gasteiger charge is -2.25. The van der Waals surface area contributed by atoms with Crippen LogP contribution in [0.4, 0.5) is 0 Å². The molecule has 14 nitrogen and oxygen atoms in total. The fraction of sp³-hybridized carbons (Fsp3) is 0.333. The number of carbonyl (C=O) groups is 6. The van der Waals surface area contributed by atoms with Crippen LogP contribution in [-0.4, -0.2) is 74.9 Å². The number of carbonyl (C=O) groups excluding carboxylic acids is 4.